The van der Waals surface area contributed by atoms with Gasteiger partial charge >= 0.3 is 5.69 Å². The lowest BCUT2D eigenvalue weighted by atomic mass is 9.97. The van der Waals surface area contributed by atoms with Crippen molar-refractivity contribution >= 4 is 15.6 Å². The molecule has 0 bridgehead atoms. The standard InChI is InChI=1S/C17H24N2O16P2/c1-2-3-7-10(21)12(23)14(25)16(33-7)34-37(29,30)35-36(27,28)31-6-8-11(22)13(24)15(32-8)19-5-4-9(20)18-17(19)26/h1,4-5,7-8,10-16,21-25H,3,6H2,(H,27,28)(H,29,30)(H,18,20,26)/p-2. The highest BCUT2D eigenvalue weighted by Gasteiger charge is 2.47. The molecule has 3 heterocycles. The number of rotatable bonds is 9. The average molecular weight is 572 g/mol. The normalized spacial score (nSPS) is 37.4. The molecule has 208 valence electrons. The summed E-state index contributed by atoms with van der Waals surface area (Å²) in [7, 11) is -11.7. The Balaban J connectivity index is 1.62. The first-order valence-electron chi connectivity index (χ1n) is 10.3. The van der Waals surface area contributed by atoms with Crippen molar-refractivity contribution in [3.63, 3.8) is 0 Å². The van der Waals surface area contributed by atoms with E-state index in [9.17, 15) is 54.0 Å². The van der Waals surface area contributed by atoms with Crippen LogP contribution in [-0.2, 0) is 32.0 Å². The first kappa shape index (κ1) is 29.8. The largest absolute Gasteiger partial charge is 0.756 e. The molecule has 2 aliphatic rings. The van der Waals surface area contributed by atoms with Crippen LogP contribution in [-0.4, -0.2) is 90.7 Å². The van der Waals surface area contributed by atoms with Crippen LogP contribution in [0.2, 0.25) is 0 Å². The molecule has 20 heteroatoms. The summed E-state index contributed by atoms with van der Waals surface area (Å²) in [5.41, 5.74) is -1.77. The van der Waals surface area contributed by atoms with Crippen molar-refractivity contribution in [3.05, 3.63) is 33.1 Å². The van der Waals surface area contributed by atoms with Crippen LogP contribution in [0.5, 0.6) is 0 Å². The number of nitrogens with one attached hydrogen (secondary N) is 1. The number of terminal acetylenes is 1. The van der Waals surface area contributed by atoms with Crippen molar-refractivity contribution < 1.29 is 67.3 Å². The number of aliphatic hydroxyl groups is 5. The van der Waals surface area contributed by atoms with Gasteiger partial charge in [-0.3, -0.25) is 28.0 Å². The lowest BCUT2D eigenvalue weighted by Crippen LogP contribution is -2.58. The zero-order valence-corrected chi connectivity index (χ0v) is 20.2. The van der Waals surface area contributed by atoms with Crippen LogP contribution in [0.4, 0.5) is 0 Å². The number of phosphoric ester groups is 2. The summed E-state index contributed by atoms with van der Waals surface area (Å²) in [6.07, 6.45) is -10.5. The number of phosphoric acid groups is 2. The summed E-state index contributed by atoms with van der Waals surface area (Å²) < 4.78 is 47.7. The van der Waals surface area contributed by atoms with Gasteiger partial charge in [0.05, 0.1) is 6.61 Å². The van der Waals surface area contributed by atoms with Crippen LogP contribution in [0, 0.1) is 12.3 Å². The van der Waals surface area contributed by atoms with E-state index in [1.165, 1.54) is 0 Å². The molecule has 11 atom stereocenters. The lowest BCUT2D eigenvalue weighted by molar-refractivity contribution is -0.301. The smallest absolute Gasteiger partial charge is 0.330 e. The van der Waals surface area contributed by atoms with Gasteiger partial charge in [-0.15, -0.1) is 12.3 Å². The Labute approximate surface area is 206 Å². The molecule has 3 rings (SSSR count). The second kappa shape index (κ2) is 11.5. The van der Waals surface area contributed by atoms with E-state index in [0.29, 0.717) is 4.57 Å². The lowest BCUT2D eigenvalue weighted by Gasteiger charge is -2.42. The van der Waals surface area contributed by atoms with Crippen LogP contribution in [0.3, 0.4) is 0 Å². The molecule has 0 aliphatic carbocycles. The first-order valence-corrected chi connectivity index (χ1v) is 13.2. The van der Waals surface area contributed by atoms with Crippen molar-refractivity contribution in [1.29, 1.82) is 0 Å². The molecule has 0 spiro atoms. The van der Waals surface area contributed by atoms with Gasteiger partial charge in [-0.05, 0) is 0 Å². The van der Waals surface area contributed by atoms with Crippen LogP contribution < -0.4 is 21.0 Å². The summed E-state index contributed by atoms with van der Waals surface area (Å²) in [6.45, 7) is -1.11. The number of aromatic nitrogens is 2. The molecule has 2 saturated heterocycles. The Bertz CT molecular complexity index is 1210. The topological polar surface area (TPSA) is 282 Å². The third-order valence-electron chi connectivity index (χ3n) is 5.28. The SMILES string of the molecule is C#CCC1OC(OP(=O)([O-])OP(=O)([O-])OCC2OC(n3ccc(=O)[nH]c3=O)C(O)C2O)C(O)C(O)C1O. The van der Waals surface area contributed by atoms with Crippen LogP contribution in [0.1, 0.15) is 12.6 Å². The second-order valence-electron chi connectivity index (χ2n) is 7.86. The van der Waals surface area contributed by atoms with Crippen molar-refractivity contribution in [2.24, 2.45) is 0 Å². The minimum absolute atomic E-state index is 0.334. The Morgan fingerprint density at radius 1 is 1.00 bits per heavy atom. The number of aliphatic hydroxyl groups excluding tert-OH is 5. The fourth-order valence-corrected chi connectivity index (χ4v) is 5.55. The van der Waals surface area contributed by atoms with Crippen molar-refractivity contribution in [1.82, 2.24) is 9.55 Å². The molecule has 2 fully saturated rings. The predicted molar refractivity (Wildman–Crippen MR) is 111 cm³/mol. The highest BCUT2D eigenvalue weighted by Crippen LogP contribution is 2.57. The summed E-state index contributed by atoms with van der Waals surface area (Å²) >= 11 is 0. The van der Waals surface area contributed by atoms with E-state index >= 15 is 0 Å². The highest BCUT2D eigenvalue weighted by atomic mass is 31.3. The van der Waals surface area contributed by atoms with Gasteiger partial charge < -0.3 is 49.3 Å². The Kier molecular flexibility index (Phi) is 9.28. The van der Waals surface area contributed by atoms with Crippen LogP contribution >= 0.6 is 15.6 Å². The molecule has 1 aromatic heterocycles. The number of hydrogen-bond acceptors (Lipinski definition) is 16. The van der Waals surface area contributed by atoms with Gasteiger partial charge in [-0.25, -0.2) is 9.11 Å². The minimum Gasteiger partial charge on any atom is -0.756 e. The van der Waals surface area contributed by atoms with Crippen LogP contribution in [0.25, 0.3) is 0 Å². The minimum atomic E-state index is -5.88. The molecule has 18 nitrogen and oxygen atoms in total. The van der Waals surface area contributed by atoms with Gasteiger partial charge in [0, 0.05) is 18.7 Å². The van der Waals surface area contributed by atoms with E-state index in [0.717, 1.165) is 12.3 Å². The molecule has 11 unspecified atom stereocenters. The van der Waals surface area contributed by atoms with Crippen molar-refractivity contribution in [2.75, 3.05) is 6.61 Å². The Morgan fingerprint density at radius 2 is 1.65 bits per heavy atom. The van der Waals surface area contributed by atoms with Gasteiger partial charge in [0.25, 0.3) is 21.2 Å². The Morgan fingerprint density at radius 3 is 2.27 bits per heavy atom. The third-order valence-corrected chi connectivity index (χ3v) is 7.81. The number of H-pyrrole nitrogens is 1. The summed E-state index contributed by atoms with van der Waals surface area (Å²) in [5, 5.41) is 49.8. The fourth-order valence-electron chi connectivity index (χ4n) is 3.47. The molecule has 1 aromatic rings. The molecule has 2 aliphatic heterocycles. The molecular formula is C17H22N2O16P2-2. The van der Waals surface area contributed by atoms with Crippen molar-refractivity contribution in [2.45, 2.75) is 61.7 Å². The molecule has 0 aromatic carbocycles. The van der Waals surface area contributed by atoms with E-state index in [4.69, 9.17) is 15.9 Å². The third kappa shape index (κ3) is 7.00. The monoisotopic (exact) mass is 572 g/mol. The first-order chi connectivity index (χ1) is 17.2. The number of nitrogens with zero attached hydrogens (tertiary/aromatic N) is 1. The van der Waals surface area contributed by atoms with Crippen LogP contribution in [0.15, 0.2) is 21.9 Å². The molecule has 6 N–H and O–H groups in total. The van der Waals surface area contributed by atoms with E-state index in [1.807, 2.05) is 4.98 Å². The predicted octanol–water partition coefficient (Wildman–Crippen LogP) is -5.03. The van der Waals surface area contributed by atoms with Crippen molar-refractivity contribution in [3.8, 4) is 12.3 Å². The highest BCUT2D eigenvalue weighted by molar-refractivity contribution is 7.59. The summed E-state index contributed by atoms with van der Waals surface area (Å²) in [4.78, 5) is 49.1. The average Bonchev–Trinajstić information content (AvgIpc) is 3.07. The molecule has 37 heavy (non-hydrogen) atoms. The van der Waals surface area contributed by atoms with E-state index in [-0.39, 0.29) is 6.42 Å². The quantitative estimate of drug-likeness (QED) is 0.119. The van der Waals surface area contributed by atoms with Gasteiger partial charge in [0.15, 0.2) is 12.5 Å². The van der Waals surface area contributed by atoms with Gasteiger partial charge in [0.1, 0.15) is 42.7 Å². The Hall–Kier alpha value is -1.78. The zero-order valence-electron chi connectivity index (χ0n) is 18.4. The number of ether oxygens (including phenoxy) is 2. The maximum atomic E-state index is 12.1. The molecule has 0 radical (unpaired) electrons. The molecular weight excluding hydrogens is 550 g/mol. The van der Waals surface area contributed by atoms with Gasteiger partial charge in [-0.2, -0.15) is 0 Å². The fraction of sp³-hybridized carbons (Fsp3) is 0.647. The zero-order chi connectivity index (χ0) is 27.7. The molecule has 0 amide bonds. The van der Waals surface area contributed by atoms with Gasteiger partial charge in [0.2, 0.25) is 0 Å². The van der Waals surface area contributed by atoms with E-state index in [2.05, 4.69) is 19.3 Å². The van der Waals surface area contributed by atoms with Gasteiger partial charge in [-0.1, -0.05) is 0 Å². The maximum Gasteiger partial charge on any atom is 0.330 e. The summed E-state index contributed by atoms with van der Waals surface area (Å²) in [5.74, 6) is 2.08. The maximum absolute atomic E-state index is 12.1. The second-order valence-corrected chi connectivity index (χ2v) is 10.8. The van der Waals surface area contributed by atoms with E-state index in [1.54, 1.807) is 0 Å². The summed E-state index contributed by atoms with van der Waals surface area (Å²) in [6, 6.07) is 0.917. The number of aromatic amines is 1. The number of hydrogen-bond donors (Lipinski definition) is 6. The molecule has 0 saturated carbocycles. The van der Waals surface area contributed by atoms with E-state index < -0.39 is 88.7 Å².